The highest BCUT2D eigenvalue weighted by atomic mass is 15.1. The second-order valence-corrected chi connectivity index (χ2v) is 15.6. The van der Waals surface area contributed by atoms with Crippen LogP contribution in [-0.4, -0.2) is 9.55 Å². The van der Waals surface area contributed by atoms with Gasteiger partial charge >= 0.3 is 0 Å². The summed E-state index contributed by atoms with van der Waals surface area (Å²) in [7, 11) is 0. The van der Waals surface area contributed by atoms with E-state index in [-0.39, 0.29) is 0 Å². The van der Waals surface area contributed by atoms with Gasteiger partial charge in [0.25, 0.3) is 0 Å². The molecule has 0 radical (unpaired) electrons. The third kappa shape index (κ3) is 6.62. The molecule has 0 N–H and O–H groups in total. The normalized spacial score (nSPS) is 12.8. The molecule has 0 aliphatic heterocycles. The van der Waals surface area contributed by atoms with Crippen molar-refractivity contribution in [3.63, 3.8) is 0 Å². The zero-order chi connectivity index (χ0) is 42.2. The molecule has 1 aliphatic rings. The summed E-state index contributed by atoms with van der Waals surface area (Å²) in [5.74, 6) is 0.879. The van der Waals surface area contributed by atoms with Crippen molar-refractivity contribution in [2.75, 3.05) is 0 Å². The maximum absolute atomic E-state index is 5.12. The Morgan fingerprint density at radius 1 is 0.581 bits per heavy atom. The van der Waals surface area contributed by atoms with Crippen molar-refractivity contribution < 1.29 is 0 Å². The Kier molecular flexibility index (Phi) is 10.0. The molecule has 0 atom stereocenters. The average Bonchev–Trinajstić information content (AvgIpc) is 3.55. The fourth-order valence-corrected chi connectivity index (χ4v) is 9.20. The van der Waals surface area contributed by atoms with Crippen LogP contribution in [0.4, 0.5) is 0 Å². The Morgan fingerprint density at radius 2 is 1.23 bits per heavy atom. The Bertz CT molecular complexity index is 3330. The maximum atomic E-state index is 5.12. The van der Waals surface area contributed by atoms with Crippen LogP contribution in [0.2, 0.25) is 0 Å². The van der Waals surface area contributed by atoms with E-state index in [2.05, 4.69) is 206 Å². The van der Waals surface area contributed by atoms with E-state index < -0.39 is 0 Å². The lowest BCUT2D eigenvalue weighted by Gasteiger charge is -2.20. The molecule has 10 rings (SSSR count). The summed E-state index contributed by atoms with van der Waals surface area (Å²) in [6, 6.07) is 61.7. The number of hydrogen-bond donors (Lipinski definition) is 0. The number of benzene rings is 7. The Balaban J connectivity index is 1.09. The van der Waals surface area contributed by atoms with E-state index in [9.17, 15) is 0 Å². The van der Waals surface area contributed by atoms with Crippen molar-refractivity contribution in [3.8, 4) is 44.5 Å². The number of imidazole rings is 1. The molecule has 0 saturated heterocycles. The molecular formula is C60H44N2. The summed E-state index contributed by atoms with van der Waals surface area (Å²) in [6.07, 6.45) is 15.3. The predicted molar refractivity (Wildman–Crippen MR) is 265 cm³/mol. The van der Waals surface area contributed by atoms with Gasteiger partial charge < -0.3 is 0 Å². The quantitative estimate of drug-likeness (QED) is 0.105. The number of nitrogens with zero attached hydrogens (tertiary/aromatic N) is 2. The molecule has 294 valence electrons. The zero-order valence-corrected chi connectivity index (χ0v) is 35.0. The molecule has 1 aliphatic carbocycles. The largest absolute Gasteiger partial charge is 0.293 e. The number of hydrogen-bond acceptors (Lipinski definition) is 1. The standard InChI is InChI=1S/C60H44N2/c1-5-40(6-2)60-61-56-36-32-42(33-37-57(56)62(60)49(7-3)8-4)41-26-28-43(29-27-41)47-30-34-52-54(38-47)58(45-19-11-9-12-20-45)53-35-31-48(39-55(53)59(52)46-21-13-10-14-22-46)51-25-17-23-44-18-15-16-24-50(44)51/h5-14,16-17,19-35,37-39H,1,3,36H2,2,4H3/b40-6+,49-8+. The first-order chi connectivity index (χ1) is 30.6. The van der Waals surface area contributed by atoms with Crippen LogP contribution < -0.4 is 0 Å². The first-order valence-electron chi connectivity index (χ1n) is 21.2. The van der Waals surface area contributed by atoms with Crippen molar-refractivity contribution in [2.45, 2.75) is 20.3 Å². The van der Waals surface area contributed by atoms with Gasteiger partial charge in [-0.25, -0.2) is 4.98 Å². The summed E-state index contributed by atoms with van der Waals surface area (Å²) < 4.78 is 2.19. The molecule has 2 nitrogen and oxygen atoms in total. The van der Waals surface area contributed by atoms with Gasteiger partial charge in [0, 0.05) is 23.1 Å². The van der Waals surface area contributed by atoms with E-state index in [4.69, 9.17) is 4.98 Å². The molecule has 0 fully saturated rings. The fraction of sp³-hybridized carbons (Fsp3) is 0.0500. The molecule has 2 heteroatoms. The SMILES string of the molecule is C=C/C(=C\C)c1nc2c(n1/C(C=C)=C/C)C=CC(c1ccc(-c3ccc4c(-c5ccccc5)c5cc(-c6cccc7c#cccc67)ccc5c(-c5ccccc5)c4c3)cc1)=CC2. The van der Waals surface area contributed by atoms with Crippen LogP contribution in [0.15, 0.2) is 201 Å². The van der Waals surface area contributed by atoms with Gasteiger partial charge in [0.15, 0.2) is 0 Å². The Labute approximate surface area is 364 Å². The minimum Gasteiger partial charge on any atom is -0.293 e. The molecule has 0 saturated carbocycles. The van der Waals surface area contributed by atoms with Gasteiger partial charge in [0.1, 0.15) is 5.82 Å². The van der Waals surface area contributed by atoms with Crippen LogP contribution in [0.1, 0.15) is 36.6 Å². The van der Waals surface area contributed by atoms with Crippen LogP contribution in [0, 0.1) is 12.1 Å². The van der Waals surface area contributed by atoms with Crippen molar-refractivity contribution >= 4 is 55.2 Å². The molecule has 8 aromatic carbocycles. The van der Waals surface area contributed by atoms with Gasteiger partial charge in [0.2, 0.25) is 0 Å². The molecule has 0 unspecified atom stereocenters. The molecule has 0 bridgehead atoms. The number of fused-ring (bicyclic) bond motifs is 4. The van der Waals surface area contributed by atoms with Crippen LogP contribution in [0.25, 0.3) is 99.7 Å². The second kappa shape index (κ2) is 16.2. The monoisotopic (exact) mass is 792 g/mol. The van der Waals surface area contributed by atoms with Crippen LogP contribution in [0.3, 0.4) is 0 Å². The lowest BCUT2D eigenvalue weighted by molar-refractivity contribution is 1.05. The van der Waals surface area contributed by atoms with Crippen molar-refractivity contribution in [1.82, 2.24) is 9.55 Å². The second-order valence-electron chi connectivity index (χ2n) is 15.6. The third-order valence-corrected chi connectivity index (χ3v) is 12.2. The van der Waals surface area contributed by atoms with Crippen molar-refractivity contribution in [3.05, 3.63) is 236 Å². The number of rotatable bonds is 9. The van der Waals surface area contributed by atoms with E-state index in [1.165, 1.54) is 82.6 Å². The van der Waals surface area contributed by atoms with Gasteiger partial charge in [-0.15, -0.1) is 0 Å². The van der Waals surface area contributed by atoms with Crippen LogP contribution in [-0.2, 0) is 6.42 Å². The lowest BCUT2D eigenvalue weighted by Crippen LogP contribution is -2.02. The lowest BCUT2D eigenvalue weighted by atomic mass is 9.83. The van der Waals surface area contributed by atoms with Crippen molar-refractivity contribution in [1.29, 1.82) is 0 Å². The van der Waals surface area contributed by atoms with Gasteiger partial charge in [-0.05, 0) is 139 Å². The molecule has 62 heavy (non-hydrogen) atoms. The van der Waals surface area contributed by atoms with E-state index in [1.807, 2.05) is 32.1 Å². The minimum atomic E-state index is 0.715. The number of aromatic nitrogens is 2. The summed E-state index contributed by atoms with van der Waals surface area (Å²) in [4.78, 5) is 5.12. The Hall–Kier alpha value is -7.99. The zero-order valence-electron chi connectivity index (χ0n) is 35.0. The topological polar surface area (TPSA) is 17.8 Å². The molecule has 1 heterocycles. The molecule has 0 amide bonds. The fourth-order valence-electron chi connectivity index (χ4n) is 9.20. The highest BCUT2D eigenvalue weighted by Crippen LogP contribution is 2.46. The maximum Gasteiger partial charge on any atom is 0.144 e. The Morgan fingerprint density at radius 3 is 1.87 bits per heavy atom. The van der Waals surface area contributed by atoms with E-state index in [0.717, 1.165) is 33.9 Å². The molecule has 0 spiro atoms. The van der Waals surface area contributed by atoms with E-state index in [0.29, 0.717) is 6.42 Å². The smallest absolute Gasteiger partial charge is 0.144 e. The summed E-state index contributed by atoms with van der Waals surface area (Å²) in [6.45, 7) is 12.2. The summed E-state index contributed by atoms with van der Waals surface area (Å²) in [5.41, 5.74) is 16.0. The van der Waals surface area contributed by atoms with Gasteiger partial charge in [-0.1, -0.05) is 177 Å². The minimum absolute atomic E-state index is 0.715. The highest BCUT2D eigenvalue weighted by molar-refractivity contribution is 6.22. The van der Waals surface area contributed by atoms with E-state index in [1.54, 1.807) is 0 Å². The van der Waals surface area contributed by atoms with Crippen molar-refractivity contribution in [2.24, 2.45) is 0 Å². The third-order valence-electron chi connectivity index (χ3n) is 12.2. The first-order valence-corrected chi connectivity index (χ1v) is 21.2. The molecule has 1 aromatic heterocycles. The number of allylic oxidation sites excluding steroid dienone is 9. The van der Waals surface area contributed by atoms with E-state index >= 15 is 0 Å². The van der Waals surface area contributed by atoms with Crippen LogP contribution in [0.5, 0.6) is 0 Å². The molecule has 9 aromatic rings. The predicted octanol–water partition coefficient (Wildman–Crippen LogP) is 15.9. The molecular weight excluding hydrogens is 749 g/mol. The first kappa shape index (κ1) is 38.2. The van der Waals surface area contributed by atoms with Gasteiger partial charge in [-0.2, -0.15) is 0 Å². The van der Waals surface area contributed by atoms with Gasteiger partial charge in [0.05, 0.1) is 11.4 Å². The highest BCUT2D eigenvalue weighted by Gasteiger charge is 2.21. The average molecular weight is 793 g/mol. The van der Waals surface area contributed by atoms with Crippen LogP contribution >= 0.6 is 0 Å². The summed E-state index contributed by atoms with van der Waals surface area (Å²) in [5, 5.41) is 7.14. The summed E-state index contributed by atoms with van der Waals surface area (Å²) >= 11 is 0. The van der Waals surface area contributed by atoms with Gasteiger partial charge in [-0.3, -0.25) is 4.57 Å².